The van der Waals surface area contributed by atoms with Crippen molar-refractivity contribution in [3.8, 4) is 5.75 Å². The van der Waals surface area contributed by atoms with Crippen molar-refractivity contribution in [2.75, 3.05) is 7.11 Å². The lowest BCUT2D eigenvalue weighted by Gasteiger charge is -2.13. The lowest BCUT2D eigenvalue weighted by molar-refractivity contribution is 0.0698. The van der Waals surface area contributed by atoms with E-state index >= 15 is 0 Å². The summed E-state index contributed by atoms with van der Waals surface area (Å²) in [6, 6.07) is 5.58. The molecule has 0 radical (unpaired) electrons. The molecule has 0 aliphatic heterocycles. The molecule has 3 rings (SSSR count). The summed E-state index contributed by atoms with van der Waals surface area (Å²) in [6.45, 7) is 0.879. The average Bonchev–Trinajstić information content (AvgIpc) is 3.07. The molecule has 1 aliphatic rings. The van der Waals surface area contributed by atoms with Gasteiger partial charge in [-0.25, -0.2) is 4.79 Å². The first-order valence-corrected chi connectivity index (χ1v) is 7.10. The second-order valence-electron chi connectivity index (χ2n) is 5.51. The van der Waals surface area contributed by atoms with Crippen molar-refractivity contribution < 1.29 is 14.6 Å². The second-order valence-corrected chi connectivity index (χ2v) is 5.51. The van der Waals surface area contributed by atoms with Gasteiger partial charge in [-0.15, -0.1) is 0 Å². The van der Waals surface area contributed by atoms with Gasteiger partial charge in [0.25, 0.3) is 0 Å². The van der Waals surface area contributed by atoms with E-state index in [0.29, 0.717) is 11.5 Å². The number of para-hydroxylation sites is 1. The van der Waals surface area contributed by atoms with Gasteiger partial charge in [0.1, 0.15) is 5.75 Å². The number of hydrogen-bond donors (Lipinski definition) is 1. The summed E-state index contributed by atoms with van der Waals surface area (Å²) in [5, 5.41) is 10.1. The summed E-state index contributed by atoms with van der Waals surface area (Å²) >= 11 is 0. The normalized spacial score (nSPS) is 15.8. The molecule has 1 aromatic heterocycles. The van der Waals surface area contributed by atoms with Crippen LogP contribution in [0.1, 0.15) is 36.0 Å². The number of nitrogens with zero attached hydrogens (tertiary/aromatic N) is 1. The second kappa shape index (κ2) is 5.19. The Labute approximate surface area is 118 Å². The van der Waals surface area contributed by atoms with E-state index in [9.17, 15) is 9.90 Å². The van der Waals surface area contributed by atoms with Crippen molar-refractivity contribution in [3.05, 3.63) is 30.0 Å². The zero-order valence-corrected chi connectivity index (χ0v) is 11.6. The minimum absolute atomic E-state index is 0.358. The molecule has 2 aromatic rings. The molecule has 4 nitrogen and oxygen atoms in total. The van der Waals surface area contributed by atoms with Crippen LogP contribution in [0.15, 0.2) is 24.4 Å². The van der Waals surface area contributed by atoms with Gasteiger partial charge in [-0.2, -0.15) is 0 Å². The van der Waals surface area contributed by atoms with E-state index < -0.39 is 5.97 Å². The molecule has 0 unspecified atom stereocenters. The third-order valence-electron chi connectivity index (χ3n) is 4.24. The zero-order chi connectivity index (χ0) is 14.1. The molecule has 1 heterocycles. The molecule has 0 spiro atoms. The van der Waals surface area contributed by atoms with Crippen LogP contribution in [0.5, 0.6) is 5.75 Å². The number of carboxylic acids is 1. The van der Waals surface area contributed by atoms with Gasteiger partial charge in [-0.1, -0.05) is 25.0 Å². The molecule has 4 heteroatoms. The highest BCUT2D eigenvalue weighted by Gasteiger charge is 2.21. The van der Waals surface area contributed by atoms with Crippen LogP contribution >= 0.6 is 0 Å². The van der Waals surface area contributed by atoms with Gasteiger partial charge in [0.2, 0.25) is 0 Å². The summed E-state index contributed by atoms with van der Waals surface area (Å²) in [5.41, 5.74) is 1.26. The minimum Gasteiger partial charge on any atom is -0.495 e. The van der Waals surface area contributed by atoms with Crippen LogP contribution in [0.4, 0.5) is 0 Å². The van der Waals surface area contributed by atoms with E-state index in [1.807, 2.05) is 18.2 Å². The number of hydrogen-bond acceptors (Lipinski definition) is 2. The van der Waals surface area contributed by atoms with Gasteiger partial charge in [-0.3, -0.25) is 0 Å². The van der Waals surface area contributed by atoms with Gasteiger partial charge < -0.3 is 14.4 Å². The molecular formula is C16H19NO3. The van der Waals surface area contributed by atoms with Crippen molar-refractivity contribution in [2.24, 2.45) is 5.92 Å². The first-order chi connectivity index (χ1) is 9.70. The SMILES string of the molecule is COc1cccc2c(C(=O)O)cn(CC3CCCC3)c12. The Morgan fingerprint density at radius 2 is 2.15 bits per heavy atom. The maximum atomic E-state index is 11.4. The van der Waals surface area contributed by atoms with E-state index in [1.54, 1.807) is 13.3 Å². The van der Waals surface area contributed by atoms with Gasteiger partial charge in [0, 0.05) is 18.1 Å². The number of aromatic carboxylic acids is 1. The van der Waals surface area contributed by atoms with Crippen LogP contribution < -0.4 is 4.74 Å². The Morgan fingerprint density at radius 1 is 1.40 bits per heavy atom. The van der Waals surface area contributed by atoms with E-state index in [4.69, 9.17) is 4.74 Å². The zero-order valence-electron chi connectivity index (χ0n) is 11.6. The number of carbonyl (C=O) groups is 1. The summed E-state index contributed by atoms with van der Waals surface area (Å²) in [7, 11) is 1.63. The summed E-state index contributed by atoms with van der Waals surface area (Å²) < 4.78 is 7.48. The maximum absolute atomic E-state index is 11.4. The lowest BCUT2D eigenvalue weighted by Crippen LogP contribution is -2.06. The number of rotatable bonds is 4. The fourth-order valence-corrected chi connectivity index (χ4v) is 3.28. The van der Waals surface area contributed by atoms with Crippen molar-refractivity contribution in [1.29, 1.82) is 0 Å². The molecule has 0 saturated heterocycles. The van der Waals surface area contributed by atoms with Crippen LogP contribution in [0.2, 0.25) is 0 Å². The summed E-state index contributed by atoms with van der Waals surface area (Å²) in [6.07, 6.45) is 6.79. The molecular weight excluding hydrogens is 254 g/mol. The quantitative estimate of drug-likeness (QED) is 0.927. The van der Waals surface area contributed by atoms with Crippen molar-refractivity contribution in [2.45, 2.75) is 32.2 Å². The highest BCUT2D eigenvalue weighted by Crippen LogP contribution is 2.33. The topological polar surface area (TPSA) is 51.5 Å². The highest BCUT2D eigenvalue weighted by molar-refractivity contribution is 6.05. The van der Waals surface area contributed by atoms with Gasteiger partial charge in [0.05, 0.1) is 18.2 Å². The Bertz CT molecular complexity index is 638. The fourth-order valence-electron chi connectivity index (χ4n) is 3.28. The Balaban J connectivity index is 2.11. The summed E-state index contributed by atoms with van der Waals surface area (Å²) in [4.78, 5) is 11.4. The molecule has 0 amide bonds. The van der Waals surface area contributed by atoms with E-state index in [2.05, 4.69) is 4.57 Å². The maximum Gasteiger partial charge on any atom is 0.337 e. The number of benzene rings is 1. The number of methoxy groups -OCH3 is 1. The number of carboxylic acid groups (broad SMARTS) is 1. The standard InChI is InChI=1S/C16H19NO3/c1-20-14-8-4-7-12-13(16(18)19)10-17(15(12)14)9-11-5-2-3-6-11/h4,7-8,10-11H,2-3,5-6,9H2,1H3,(H,18,19). The molecule has 0 bridgehead atoms. The first kappa shape index (κ1) is 13.0. The predicted octanol–water partition coefficient (Wildman–Crippen LogP) is 3.54. The molecule has 1 fully saturated rings. The smallest absolute Gasteiger partial charge is 0.337 e. The number of fused-ring (bicyclic) bond motifs is 1. The van der Waals surface area contributed by atoms with E-state index in [-0.39, 0.29) is 0 Å². The average molecular weight is 273 g/mol. The van der Waals surface area contributed by atoms with Gasteiger partial charge >= 0.3 is 5.97 Å². The van der Waals surface area contributed by atoms with Gasteiger partial charge in [0.15, 0.2) is 0 Å². The van der Waals surface area contributed by atoms with Crippen LogP contribution in [0.3, 0.4) is 0 Å². The molecule has 20 heavy (non-hydrogen) atoms. The fraction of sp³-hybridized carbons (Fsp3) is 0.438. The minimum atomic E-state index is -0.881. The van der Waals surface area contributed by atoms with Crippen molar-refractivity contribution in [1.82, 2.24) is 4.57 Å². The first-order valence-electron chi connectivity index (χ1n) is 7.10. The molecule has 0 atom stereocenters. The van der Waals surface area contributed by atoms with Crippen molar-refractivity contribution >= 4 is 16.9 Å². The third-order valence-corrected chi connectivity index (χ3v) is 4.24. The largest absolute Gasteiger partial charge is 0.495 e. The lowest BCUT2D eigenvalue weighted by atomic mass is 10.1. The Morgan fingerprint density at radius 3 is 2.80 bits per heavy atom. The van der Waals surface area contributed by atoms with Gasteiger partial charge in [-0.05, 0) is 24.8 Å². The Kier molecular flexibility index (Phi) is 3.38. The van der Waals surface area contributed by atoms with Crippen LogP contribution in [-0.4, -0.2) is 22.8 Å². The van der Waals surface area contributed by atoms with Crippen LogP contribution in [0.25, 0.3) is 10.9 Å². The van der Waals surface area contributed by atoms with Crippen LogP contribution in [-0.2, 0) is 6.54 Å². The molecule has 1 aliphatic carbocycles. The predicted molar refractivity (Wildman–Crippen MR) is 77.4 cm³/mol. The molecule has 1 aromatic carbocycles. The summed E-state index contributed by atoms with van der Waals surface area (Å²) in [5.74, 6) is 0.513. The third kappa shape index (κ3) is 2.15. The Hall–Kier alpha value is -1.97. The van der Waals surface area contributed by atoms with Crippen molar-refractivity contribution in [3.63, 3.8) is 0 Å². The van der Waals surface area contributed by atoms with E-state index in [0.717, 1.165) is 23.2 Å². The number of aromatic nitrogens is 1. The van der Waals surface area contributed by atoms with E-state index in [1.165, 1.54) is 25.7 Å². The highest BCUT2D eigenvalue weighted by atomic mass is 16.5. The molecule has 1 saturated carbocycles. The monoisotopic (exact) mass is 273 g/mol. The number of ether oxygens (including phenoxy) is 1. The molecule has 1 N–H and O–H groups in total. The van der Waals surface area contributed by atoms with Crippen LogP contribution in [0, 0.1) is 5.92 Å². The molecule has 106 valence electrons.